The molecule has 0 spiro atoms. The van der Waals surface area contributed by atoms with E-state index in [1.807, 2.05) is 0 Å². The minimum atomic E-state index is -5.35. The quantitative estimate of drug-likeness (QED) is 0.0357. The molecule has 7 aromatic heterocycles. The van der Waals surface area contributed by atoms with Gasteiger partial charge in [0.25, 0.3) is 11.1 Å². The maximum Gasteiger partial charge on any atom is 0.472 e. The number of imidazole rings is 3. The van der Waals surface area contributed by atoms with Crippen molar-refractivity contribution >= 4 is 80.5 Å². The number of hydrogen-bond donors (Lipinski definition) is 11. The smallest absolute Gasteiger partial charge is 0.394 e. The first kappa shape index (κ1) is 56.3. The Kier molecular flexibility index (Phi) is 15.3. The number of nitrogens with one attached hydrogen (secondary N) is 2. The van der Waals surface area contributed by atoms with E-state index < -0.39 is 147 Å². The maximum absolute atomic E-state index is 14.0. The van der Waals surface area contributed by atoms with Crippen molar-refractivity contribution in [3.05, 3.63) is 68.8 Å². The van der Waals surface area contributed by atoms with E-state index in [9.17, 15) is 53.0 Å². The second kappa shape index (κ2) is 22.0. The Morgan fingerprint density at radius 1 is 0.568 bits per heavy atom. The first-order chi connectivity index (χ1) is 38.5. The van der Waals surface area contributed by atoms with Crippen LogP contribution in [0.25, 0.3) is 33.5 Å². The van der Waals surface area contributed by atoms with Gasteiger partial charge in [-0.15, -0.1) is 0 Å². The van der Waals surface area contributed by atoms with E-state index >= 15 is 0 Å². The van der Waals surface area contributed by atoms with Crippen molar-refractivity contribution in [2.24, 2.45) is 0 Å². The number of nitrogens with two attached hydrogens (primary N) is 4. The highest BCUT2D eigenvalue weighted by molar-refractivity contribution is 7.48. The zero-order chi connectivity index (χ0) is 57.3. The molecule has 0 aromatic carbocycles. The average molecular weight is 1200 g/mol. The summed E-state index contributed by atoms with van der Waals surface area (Å²) in [4.78, 5) is 108. The lowest BCUT2D eigenvalue weighted by Gasteiger charge is -2.25. The van der Waals surface area contributed by atoms with Gasteiger partial charge in [0.1, 0.15) is 85.3 Å². The van der Waals surface area contributed by atoms with Crippen molar-refractivity contribution in [2.75, 3.05) is 49.4 Å². The number of hydrogen-bond acceptors (Lipinski definition) is 30. The van der Waals surface area contributed by atoms with Crippen LogP contribution in [0.1, 0.15) is 50.6 Å². The molecular formula is C39H49N18O21P3. The molecule has 15 atom stereocenters. The molecular weight excluding hydrogens is 1150 g/mol. The highest BCUT2D eigenvalue weighted by atomic mass is 31.2. The largest absolute Gasteiger partial charge is 0.472 e. The molecule has 81 heavy (non-hydrogen) atoms. The Balaban J connectivity index is 0.771. The van der Waals surface area contributed by atoms with Gasteiger partial charge in [0.05, 0.1) is 51.5 Å². The third-order valence-electron chi connectivity index (χ3n) is 13.3. The average Bonchev–Trinajstić information content (AvgIpc) is 4.46. The lowest BCUT2D eigenvalue weighted by atomic mass is 10.2. The topological polar surface area (TPSA) is 554 Å². The zero-order valence-corrected chi connectivity index (χ0v) is 44.0. The van der Waals surface area contributed by atoms with Gasteiger partial charge in [0, 0.05) is 31.9 Å². The Bertz CT molecular complexity index is 3840. The number of nitrogens with zero attached hydrogens (tertiary/aromatic N) is 12. The number of H-pyrrole nitrogens is 2. The molecule has 0 saturated carbocycles. The molecule has 4 saturated heterocycles. The summed E-state index contributed by atoms with van der Waals surface area (Å²) in [5, 5.41) is 21.0. The van der Waals surface area contributed by atoms with Gasteiger partial charge in [-0.25, -0.2) is 43.4 Å². The third kappa shape index (κ3) is 11.8. The number of ether oxygens (including phenoxy) is 4. The first-order valence-electron chi connectivity index (χ1n) is 24.1. The third-order valence-corrected chi connectivity index (χ3v) is 16.4. The summed E-state index contributed by atoms with van der Waals surface area (Å²) in [6.07, 6.45) is -10.6. The van der Waals surface area contributed by atoms with Crippen LogP contribution in [0.2, 0.25) is 0 Å². The summed E-state index contributed by atoms with van der Waals surface area (Å²) in [5.74, 6) is -0.572. The fourth-order valence-corrected chi connectivity index (χ4v) is 12.5. The fourth-order valence-electron chi connectivity index (χ4n) is 9.59. The number of aliphatic hydroxyl groups is 2. The van der Waals surface area contributed by atoms with Gasteiger partial charge in [-0.3, -0.25) is 65.0 Å². The number of anilines is 4. The number of rotatable bonds is 20. The van der Waals surface area contributed by atoms with Gasteiger partial charge in [0.2, 0.25) is 11.9 Å². The fraction of sp³-hybridized carbons (Fsp3) is 0.513. The molecule has 0 radical (unpaired) electrons. The number of phosphoric acid groups is 3. The minimum Gasteiger partial charge on any atom is -0.394 e. The normalized spacial score (nSPS) is 29.2. The van der Waals surface area contributed by atoms with Gasteiger partial charge in [-0.05, 0) is 6.07 Å². The van der Waals surface area contributed by atoms with E-state index in [0.29, 0.717) is 0 Å². The number of nitrogen functional groups attached to an aromatic ring is 4. The van der Waals surface area contributed by atoms with Crippen molar-refractivity contribution in [3.8, 4) is 0 Å². The SMILES string of the molecule is Nc1ccn([C@H]2C[C@H](OP(=O)(O)OC[C@H]3O[C@@H](n4cnc5c(=O)[nH]c(N)nc54)C[C@@H]3O)[C@@H](COP(=O)(O)O[C@H]3C[C@H](n4cnc5c(N)ncnc54)O[C@@H]3COP(=O)(O)O[C@H]3C[C@H](n4cnc5c(=O)[nH]c(N)nc54)O[C@@H]3CO)O2)c(=O)n1. The summed E-state index contributed by atoms with van der Waals surface area (Å²) >= 11 is 0. The van der Waals surface area contributed by atoms with E-state index in [0.717, 1.165) is 10.9 Å². The Morgan fingerprint density at radius 2 is 1.00 bits per heavy atom. The monoisotopic (exact) mass is 1200 g/mol. The van der Waals surface area contributed by atoms with Crippen molar-refractivity contribution in [2.45, 2.75) is 99.4 Å². The Morgan fingerprint density at radius 3 is 1.51 bits per heavy atom. The molecule has 436 valence electrons. The van der Waals surface area contributed by atoms with Gasteiger partial charge in [0.15, 0.2) is 33.8 Å². The van der Waals surface area contributed by atoms with Crippen LogP contribution in [-0.4, -0.2) is 168 Å². The Hall–Kier alpha value is -6.58. The predicted molar refractivity (Wildman–Crippen MR) is 267 cm³/mol. The van der Waals surface area contributed by atoms with Crippen molar-refractivity contribution in [1.82, 2.24) is 68.1 Å². The standard InChI is InChI=1S/C39H49N18O21P3/c40-23-1-2-54(39(62)49-23)25-5-17(77-79(63,64)69-8-20-15(59)3-24(73-20)56-13-47-29-33(56)50-37(42)52-35(29)60)21(74-25)9-71-81(67,68)78-18-6-26(55-12-46-28-31(41)44-11-45-32(28)55)75-22(18)10-70-80(65,66)76-16-4-27(72-19(16)7-58)57-14-48-30-34(57)51-38(43)53-36(30)61/h1-2,11-22,24-27,58-59H,3-10H2,(H,63,64)(H,65,66)(H,67,68)(H2,40,49,62)(H2,41,44,45)(H3,42,50,52,60)(H3,43,51,53,61)/t15-,16-,17-,18-,19+,20+,21+,22+,24+,25+,26+,27+/m0/s1. The minimum absolute atomic E-state index is 0.00587. The molecule has 4 aliphatic rings. The summed E-state index contributed by atoms with van der Waals surface area (Å²) < 4.78 is 103. The molecule has 0 bridgehead atoms. The van der Waals surface area contributed by atoms with Crippen LogP contribution in [0.5, 0.6) is 0 Å². The molecule has 15 N–H and O–H groups in total. The maximum atomic E-state index is 14.0. The van der Waals surface area contributed by atoms with Crippen LogP contribution in [0.3, 0.4) is 0 Å². The summed E-state index contributed by atoms with van der Waals surface area (Å²) in [7, 11) is -15.7. The highest BCUT2D eigenvalue weighted by Gasteiger charge is 2.48. The van der Waals surface area contributed by atoms with Crippen LogP contribution >= 0.6 is 23.5 Å². The number of fused-ring (bicyclic) bond motifs is 3. The van der Waals surface area contributed by atoms with Crippen molar-refractivity contribution in [3.63, 3.8) is 0 Å². The van der Waals surface area contributed by atoms with Crippen molar-refractivity contribution < 1.29 is 84.7 Å². The van der Waals surface area contributed by atoms with Crippen LogP contribution in [0, 0.1) is 0 Å². The van der Waals surface area contributed by atoms with E-state index in [4.69, 9.17) is 69.0 Å². The van der Waals surface area contributed by atoms with Gasteiger partial charge in [-0.2, -0.15) is 15.0 Å². The zero-order valence-electron chi connectivity index (χ0n) is 41.3. The lowest BCUT2D eigenvalue weighted by molar-refractivity contribution is -0.0628. The summed E-state index contributed by atoms with van der Waals surface area (Å²) in [6, 6.07) is 1.26. The number of aromatic nitrogens is 14. The molecule has 4 fully saturated rings. The molecule has 42 heteroatoms. The number of aliphatic hydroxyl groups excluding tert-OH is 2. The Labute approximate surface area is 449 Å². The number of aromatic amines is 2. The highest BCUT2D eigenvalue weighted by Crippen LogP contribution is 2.54. The molecule has 11 heterocycles. The molecule has 11 rings (SSSR count). The van der Waals surface area contributed by atoms with Crippen LogP contribution in [0.4, 0.5) is 23.5 Å². The predicted octanol–water partition coefficient (Wildman–Crippen LogP) is -2.31. The lowest BCUT2D eigenvalue weighted by Crippen LogP contribution is -2.31. The van der Waals surface area contributed by atoms with E-state index in [-0.39, 0.29) is 76.3 Å². The van der Waals surface area contributed by atoms with Crippen LogP contribution in [0.15, 0.2) is 52.0 Å². The van der Waals surface area contributed by atoms with Gasteiger partial charge < -0.3 is 66.8 Å². The van der Waals surface area contributed by atoms with Gasteiger partial charge >= 0.3 is 29.2 Å². The van der Waals surface area contributed by atoms with Crippen molar-refractivity contribution in [1.29, 1.82) is 0 Å². The molecule has 0 aliphatic carbocycles. The second-order valence-corrected chi connectivity index (χ2v) is 22.8. The van der Waals surface area contributed by atoms with Gasteiger partial charge in [-0.1, -0.05) is 0 Å². The summed E-state index contributed by atoms with van der Waals surface area (Å²) in [6.45, 7) is -3.25. The molecule has 7 aromatic rings. The summed E-state index contributed by atoms with van der Waals surface area (Å²) in [5.41, 5.74) is 21.2. The number of phosphoric ester groups is 3. The van der Waals surface area contributed by atoms with Crippen LogP contribution < -0.4 is 39.7 Å². The molecule has 0 amide bonds. The molecule has 39 nitrogen and oxygen atoms in total. The first-order valence-corrected chi connectivity index (χ1v) is 28.6. The van der Waals surface area contributed by atoms with E-state index in [1.165, 1.54) is 44.9 Å². The van der Waals surface area contributed by atoms with Crippen LogP contribution in [-0.2, 0) is 59.8 Å². The molecule has 3 unspecified atom stereocenters. The van der Waals surface area contributed by atoms with E-state index in [1.54, 1.807) is 0 Å². The molecule has 4 aliphatic heterocycles. The van der Waals surface area contributed by atoms with E-state index in [2.05, 4.69) is 49.8 Å². The second-order valence-electron chi connectivity index (χ2n) is 18.6.